The fourth-order valence-corrected chi connectivity index (χ4v) is 2.92. The van der Waals surface area contributed by atoms with Crippen molar-refractivity contribution >= 4 is 0 Å². The second-order valence-corrected chi connectivity index (χ2v) is 7.13. The van der Waals surface area contributed by atoms with Crippen LogP contribution in [0.15, 0.2) is 48.5 Å². The maximum absolute atomic E-state index is 5.71. The summed E-state index contributed by atoms with van der Waals surface area (Å²) >= 11 is 0. The Labute approximate surface area is 135 Å². The molecule has 1 heteroatoms. The molecule has 2 aromatic rings. The van der Waals surface area contributed by atoms with Crippen LogP contribution in [0.25, 0.3) is 11.1 Å². The maximum atomic E-state index is 5.71. The molecule has 22 heavy (non-hydrogen) atoms. The Morgan fingerprint density at radius 3 is 1.77 bits per heavy atom. The summed E-state index contributed by atoms with van der Waals surface area (Å²) in [7, 11) is 0. The Balaban J connectivity index is 2.20. The first-order valence-electron chi connectivity index (χ1n) is 8.36. The van der Waals surface area contributed by atoms with Crippen LogP contribution in [0, 0.1) is 0 Å². The van der Waals surface area contributed by atoms with E-state index >= 15 is 0 Å². The van der Waals surface area contributed by atoms with Crippen molar-refractivity contribution in [1.29, 1.82) is 0 Å². The lowest BCUT2D eigenvalue weighted by Gasteiger charge is -2.19. The number of rotatable bonds is 5. The van der Waals surface area contributed by atoms with Gasteiger partial charge in [-0.3, -0.25) is 0 Å². The van der Waals surface area contributed by atoms with Crippen LogP contribution in [-0.2, 0) is 5.41 Å². The van der Waals surface area contributed by atoms with Crippen molar-refractivity contribution in [3.63, 3.8) is 0 Å². The average Bonchev–Trinajstić information content (AvgIpc) is 2.52. The Bertz CT molecular complexity index is 573. The summed E-state index contributed by atoms with van der Waals surface area (Å²) in [5.41, 5.74) is 11.3. The van der Waals surface area contributed by atoms with Gasteiger partial charge in [-0.05, 0) is 53.0 Å². The molecule has 0 aliphatic carbocycles. The van der Waals surface area contributed by atoms with Crippen molar-refractivity contribution in [1.82, 2.24) is 0 Å². The standard InChI is InChI=1S/C21H29N/c1-5-16(14-15-22)17-6-8-18(9-7-17)19-10-12-20(13-11-19)21(2,3)4/h6-13,16H,5,14-15,22H2,1-4H3. The SMILES string of the molecule is CCC(CCN)c1ccc(-c2ccc(C(C)(C)C)cc2)cc1. The third kappa shape index (κ3) is 3.98. The van der Waals surface area contributed by atoms with E-state index in [2.05, 4.69) is 76.2 Å². The van der Waals surface area contributed by atoms with Crippen molar-refractivity contribution in [3.05, 3.63) is 59.7 Å². The molecule has 0 radical (unpaired) electrons. The van der Waals surface area contributed by atoms with Crippen LogP contribution in [0.5, 0.6) is 0 Å². The minimum Gasteiger partial charge on any atom is -0.330 e. The molecule has 2 rings (SSSR count). The smallest absolute Gasteiger partial charge is 0.00714 e. The fraction of sp³-hybridized carbons (Fsp3) is 0.429. The molecule has 0 aliphatic heterocycles. The molecule has 0 heterocycles. The zero-order valence-electron chi connectivity index (χ0n) is 14.4. The molecule has 2 N–H and O–H groups in total. The number of hydrogen-bond acceptors (Lipinski definition) is 1. The van der Waals surface area contributed by atoms with Crippen LogP contribution in [-0.4, -0.2) is 6.54 Å². The van der Waals surface area contributed by atoms with E-state index in [0.29, 0.717) is 5.92 Å². The Kier molecular flexibility index (Phi) is 5.42. The lowest BCUT2D eigenvalue weighted by molar-refractivity contribution is 0.590. The molecule has 0 saturated carbocycles. The first-order valence-corrected chi connectivity index (χ1v) is 8.36. The summed E-state index contributed by atoms with van der Waals surface area (Å²) in [5.74, 6) is 0.585. The number of benzene rings is 2. The van der Waals surface area contributed by atoms with Gasteiger partial charge in [0.05, 0.1) is 0 Å². The highest BCUT2D eigenvalue weighted by Crippen LogP contribution is 2.28. The topological polar surface area (TPSA) is 26.0 Å². The molecule has 0 spiro atoms. The van der Waals surface area contributed by atoms with Crippen molar-refractivity contribution < 1.29 is 0 Å². The van der Waals surface area contributed by atoms with Crippen LogP contribution in [0.4, 0.5) is 0 Å². The molecule has 1 nitrogen and oxygen atoms in total. The lowest BCUT2D eigenvalue weighted by Crippen LogP contribution is -2.10. The van der Waals surface area contributed by atoms with Gasteiger partial charge in [0.1, 0.15) is 0 Å². The van der Waals surface area contributed by atoms with Crippen LogP contribution < -0.4 is 5.73 Å². The molecular weight excluding hydrogens is 266 g/mol. The van der Waals surface area contributed by atoms with Crippen LogP contribution in [0.2, 0.25) is 0 Å². The van der Waals surface area contributed by atoms with Gasteiger partial charge in [-0.2, -0.15) is 0 Å². The zero-order chi connectivity index (χ0) is 16.2. The first kappa shape index (κ1) is 16.8. The Morgan fingerprint density at radius 2 is 1.36 bits per heavy atom. The second kappa shape index (κ2) is 7.11. The van der Waals surface area contributed by atoms with Crippen LogP contribution in [0.3, 0.4) is 0 Å². The van der Waals surface area contributed by atoms with E-state index in [1.54, 1.807) is 0 Å². The van der Waals surface area contributed by atoms with Gasteiger partial charge < -0.3 is 5.73 Å². The predicted molar refractivity (Wildman–Crippen MR) is 97.3 cm³/mol. The van der Waals surface area contributed by atoms with Crippen molar-refractivity contribution in [3.8, 4) is 11.1 Å². The van der Waals surface area contributed by atoms with Gasteiger partial charge >= 0.3 is 0 Å². The van der Waals surface area contributed by atoms with E-state index in [1.807, 2.05) is 0 Å². The molecule has 1 atom stereocenters. The van der Waals surface area contributed by atoms with E-state index < -0.39 is 0 Å². The van der Waals surface area contributed by atoms with Gasteiger partial charge in [0.25, 0.3) is 0 Å². The molecule has 0 bridgehead atoms. The number of hydrogen-bond donors (Lipinski definition) is 1. The summed E-state index contributed by atoms with van der Waals surface area (Å²) in [5, 5.41) is 0. The normalized spacial score (nSPS) is 13.1. The summed E-state index contributed by atoms with van der Waals surface area (Å²) in [6, 6.07) is 17.9. The van der Waals surface area contributed by atoms with Crippen LogP contribution in [0.1, 0.15) is 57.6 Å². The monoisotopic (exact) mass is 295 g/mol. The minimum absolute atomic E-state index is 0.207. The molecule has 2 aromatic carbocycles. The van der Waals surface area contributed by atoms with Crippen molar-refractivity contribution in [2.45, 2.75) is 51.9 Å². The molecule has 0 fully saturated rings. The van der Waals surface area contributed by atoms with Crippen molar-refractivity contribution in [2.75, 3.05) is 6.54 Å². The van der Waals surface area contributed by atoms with Crippen LogP contribution >= 0.6 is 0 Å². The predicted octanol–water partition coefficient (Wildman–Crippen LogP) is 5.49. The summed E-state index contributed by atoms with van der Waals surface area (Å²) in [4.78, 5) is 0. The molecular formula is C21H29N. The summed E-state index contributed by atoms with van der Waals surface area (Å²) in [6.07, 6.45) is 2.22. The van der Waals surface area contributed by atoms with Gasteiger partial charge in [-0.15, -0.1) is 0 Å². The van der Waals surface area contributed by atoms with Gasteiger partial charge in [0, 0.05) is 0 Å². The third-order valence-electron chi connectivity index (χ3n) is 4.47. The zero-order valence-corrected chi connectivity index (χ0v) is 14.4. The van der Waals surface area contributed by atoms with Gasteiger partial charge in [-0.25, -0.2) is 0 Å². The van der Waals surface area contributed by atoms with E-state index in [1.165, 1.54) is 22.3 Å². The minimum atomic E-state index is 0.207. The third-order valence-corrected chi connectivity index (χ3v) is 4.47. The molecule has 0 aliphatic rings. The second-order valence-electron chi connectivity index (χ2n) is 7.13. The van der Waals surface area contributed by atoms with E-state index in [4.69, 9.17) is 5.73 Å². The van der Waals surface area contributed by atoms with Gasteiger partial charge in [0.15, 0.2) is 0 Å². The fourth-order valence-electron chi connectivity index (χ4n) is 2.92. The molecule has 118 valence electrons. The van der Waals surface area contributed by atoms with Gasteiger partial charge in [0.2, 0.25) is 0 Å². The summed E-state index contributed by atoms with van der Waals surface area (Å²) in [6.45, 7) is 9.74. The highest BCUT2D eigenvalue weighted by Gasteiger charge is 2.13. The van der Waals surface area contributed by atoms with Gasteiger partial charge in [-0.1, -0.05) is 76.2 Å². The average molecular weight is 295 g/mol. The molecule has 0 saturated heterocycles. The Hall–Kier alpha value is -1.60. The van der Waals surface area contributed by atoms with E-state index in [9.17, 15) is 0 Å². The van der Waals surface area contributed by atoms with Crippen molar-refractivity contribution in [2.24, 2.45) is 5.73 Å². The molecule has 0 amide bonds. The first-order chi connectivity index (χ1) is 10.5. The maximum Gasteiger partial charge on any atom is -0.00714 e. The van der Waals surface area contributed by atoms with E-state index in [0.717, 1.165) is 19.4 Å². The largest absolute Gasteiger partial charge is 0.330 e. The highest BCUT2D eigenvalue weighted by molar-refractivity contribution is 5.64. The summed E-state index contributed by atoms with van der Waals surface area (Å²) < 4.78 is 0. The highest BCUT2D eigenvalue weighted by atomic mass is 14.5. The molecule has 1 unspecified atom stereocenters. The Morgan fingerprint density at radius 1 is 0.864 bits per heavy atom. The van der Waals surface area contributed by atoms with E-state index in [-0.39, 0.29) is 5.41 Å². The number of nitrogens with two attached hydrogens (primary N) is 1. The molecule has 0 aromatic heterocycles. The lowest BCUT2D eigenvalue weighted by atomic mass is 9.86. The quantitative estimate of drug-likeness (QED) is 0.775.